The number of carbonyl (C=O) groups excluding carboxylic acids is 2. The molecule has 8 nitrogen and oxygen atoms in total. The van der Waals surface area contributed by atoms with Gasteiger partial charge in [-0.25, -0.2) is 9.78 Å². The molecule has 1 atom stereocenters. The van der Waals surface area contributed by atoms with Gasteiger partial charge in [0.05, 0.1) is 17.9 Å². The summed E-state index contributed by atoms with van der Waals surface area (Å²) in [6.45, 7) is 7.85. The lowest BCUT2D eigenvalue weighted by atomic mass is 10.2. The number of aryl methyl sites for hydroxylation is 2. The van der Waals surface area contributed by atoms with Gasteiger partial charge in [-0.2, -0.15) is 5.10 Å². The zero-order chi connectivity index (χ0) is 16.6. The number of imide groups is 1. The molecule has 0 aliphatic carbocycles. The van der Waals surface area contributed by atoms with Gasteiger partial charge in [-0.3, -0.25) is 9.69 Å². The van der Waals surface area contributed by atoms with Crippen LogP contribution in [-0.2, 0) is 17.6 Å². The van der Waals surface area contributed by atoms with Crippen molar-refractivity contribution in [3.8, 4) is 0 Å². The van der Waals surface area contributed by atoms with Crippen LogP contribution in [-0.4, -0.2) is 69.1 Å². The van der Waals surface area contributed by atoms with E-state index in [1.165, 1.54) is 4.90 Å². The molecule has 2 aliphatic rings. The molecular weight excluding hydrogens is 296 g/mol. The number of piperazine rings is 1. The predicted molar refractivity (Wildman–Crippen MR) is 84.1 cm³/mol. The van der Waals surface area contributed by atoms with E-state index in [4.69, 9.17) is 0 Å². The summed E-state index contributed by atoms with van der Waals surface area (Å²) < 4.78 is 0. The number of hydrogen-bond acceptors (Lipinski definition) is 6. The van der Waals surface area contributed by atoms with Gasteiger partial charge >= 0.3 is 6.03 Å². The zero-order valence-electron chi connectivity index (χ0n) is 13.8. The molecule has 2 aliphatic heterocycles. The first-order chi connectivity index (χ1) is 11.1. The molecule has 23 heavy (non-hydrogen) atoms. The van der Waals surface area contributed by atoms with Crippen molar-refractivity contribution in [3.05, 3.63) is 11.4 Å². The third-order valence-corrected chi connectivity index (χ3v) is 4.51. The highest BCUT2D eigenvalue weighted by Crippen LogP contribution is 2.24. The molecule has 2 saturated heterocycles. The number of hydrogen-bond donors (Lipinski definition) is 0. The van der Waals surface area contributed by atoms with Gasteiger partial charge in [0.25, 0.3) is 5.91 Å². The van der Waals surface area contributed by atoms with Crippen molar-refractivity contribution in [1.82, 2.24) is 25.0 Å². The SMILES string of the molecule is CCc1nnc(N2CCN3C(=O)N(CC)C(=O)C3C2)nc1CC. The fourth-order valence-electron chi connectivity index (χ4n) is 3.19. The highest BCUT2D eigenvalue weighted by Gasteiger charge is 2.47. The van der Waals surface area contributed by atoms with E-state index in [2.05, 4.69) is 15.2 Å². The molecule has 124 valence electrons. The minimum atomic E-state index is -0.435. The number of carbonyl (C=O) groups is 2. The molecular formula is C15H22N6O2. The molecule has 3 rings (SSSR count). The third-order valence-electron chi connectivity index (χ3n) is 4.51. The van der Waals surface area contributed by atoms with Crippen LogP contribution in [0.5, 0.6) is 0 Å². The lowest BCUT2D eigenvalue weighted by Gasteiger charge is -2.35. The molecule has 0 N–H and O–H groups in total. The number of nitrogens with zero attached hydrogens (tertiary/aromatic N) is 6. The first kappa shape index (κ1) is 15.6. The van der Waals surface area contributed by atoms with Crippen LogP contribution in [0.2, 0.25) is 0 Å². The Morgan fingerprint density at radius 3 is 2.43 bits per heavy atom. The highest BCUT2D eigenvalue weighted by atomic mass is 16.2. The summed E-state index contributed by atoms with van der Waals surface area (Å²) in [7, 11) is 0. The lowest BCUT2D eigenvalue weighted by Crippen LogP contribution is -2.53. The van der Waals surface area contributed by atoms with E-state index < -0.39 is 6.04 Å². The van der Waals surface area contributed by atoms with Gasteiger partial charge in [-0.1, -0.05) is 13.8 Å². The molecule has 1 unspecified atom stereocenters. The number of amides is 3. The summed E-state index contributed by atoms with van der Waals surface area (Å²) in [6, 6.07) is -0.618. The van der Waals surface area contributed by atoms with E-state index in [0.717, 1.165) is 24.2 Å². The van der Waals surface area contributed by atoms with Crippen LogP contribution in [0.1, 0.15) is 32.2 Å². The standard InChI is InChI=1S/C15H22N6O2/c1-4-10-11(5-2)17-18-14(16-10)19-7-8-21-12(9-19)13(22)20(6-3)15(21)23/h12H,4-9H2,1-3H3. The average Bonchev–Trinajstić information content (AvgIpc) is 2.84. The van der Waals surface area contributed by atoms with Crippen LogP contribution in [0.25, 0.3) is 0 Å². The monoisotopic (exact) mass is 318 g/mol. The lowest BCUT2D eigenvalue weighted by molar-refractivity contribution is -0.128. The van der Waals surface area contributed by atoms with Crippen molar-refractivity contribution in [2.24, 2.45) is 0 Å². The predicted octanol–water partition coefficient (Wildman–Crippen LogP) is 0.469. The van der Waals surface area contributed by atoms with Crippen molar-refractivity contribution < 1.29 is 9.59 Å². The first-order valence-electron chi connectivity index (χ1n) is 8.20. The van der Waals surface area contributed by atoms with E-state index in [-0.39, 0.29) is 11.9 Å². The van der Waals surface area contributed by atoms with Gasteiger partial charge < -0.3 is 9.80 Å². The number of fused-ring (bicyclic) bond motifs is 1. The van der Waals surface area contributed by atoms with Gasteiger partial charge in [-0.05, 0) is 19.8 Å². The number of urea groups is 1. The van der Waals surface area contributed by atoms with Crippen molar-refractivity contribution in [2.45, 2.75) is 39.7 Å². The second-order valence-corrected chi connectivity index (χ2v) is 5.73. The van der Waals surface area contributed by atoms with Gasteiger partial charge in [0.2, 0.25) is 5.95 Å². The molecule has 2 fully saturated rings. The Hall–Kier alpha value is -2.25. The Bertz CT molecular complexity index is 634. The maximum absolute atomic E-state index is 12.4. The summed E-state index contributed by atoms with van der Waals surface area (Å²) in [5.41, 5.74) is 1.86. The normalized spacial score (nSPS) is 21.2. The van der Waals surface area contributed by atoms with Crippen LogP contribution in [0.15, 0.2) is 0 Å². The fraction of sp³-hybridized carbons (Fsp3) is 0.667. The molecule has 1 aromatic rings. The molecule has 0 radical (unpaired) electrons. The summed E-state index contributed by atoms with van der Waals surface area (Å²) in [4.78, 5) is 34.1. The zero-order valence-corrected chi connectivity index (χ0v) is 13.8. The molecule has 0 saturated carbocycles. The second kappa shape index (κ2) is 6.10. The van der Waals surface area contributed by atoms with Crippen LogP contribution in [0, 0.1) is 0 Å². The van der Waals surface area contributed by atoms with E-state index >= 15 is 0 Å². The van der Waals surface area contributed by atoms with E-state index in [0.29, 0.717) is 32.1 Å². The molecule has 0 bridgehead atoms. The summed E-state index contributed by atoms with van der Waals surface area (Å²) in [5, 5.41) is 8.48. The fourth-order valence-corrected chi connectivity index (χ4v) is 3.19. The number of aromatic nitrogens is 3. The number of likely N-dealkylation sites (N-methyl/N-ethyl adjacent to an activating group) is 1. The van der Waals surface area contributed by atoms with Crippen LogP contribution in [0.4, 0.5) is 10.7 Å². The van der Waals surface area contributed by atoms with Gasteiger partial charge in [-0.15, -0.1) is 5.10 Å². The van der Waals surface area contributed by atoms with Crippen LogP contribution < -0.4 is 4.90 Å². The molecule has 1 aromatic heterocycles. The molecule has 3 heterocycles. The number of rotatable bonds is 4. The van der Waals surface area contributed by atoms with Crippen molar-refractivity contribution >= 4 is 17.9 Å². The highest BCUT2D eigenvalue weighted by molar-refractivity contribution is 6.04. The Labute approximate surface area is 135 Å². The van der Waals surface area contributed by atoms with E-state index in [1.54, 1.807) is 4.90 Å². The maximum atomic E-state index is 12.4. The first-order valence-corrected chi connectivity index (χ1v) is 8.20. The minimum Gasteiger partial charge on any atom is -0.335 e. The molecule has 8 heteroatoms. The minimum absolute atomic E-state index is 0.129. The van der Waals surface area contributed by atoms with E-state index in [1.807, 2.05) is 25.7 Å². The number of anilines is 1. The molecule has 0 aromatic carbocycles. The topological polar surface area (TPSA) is 82.5 Å². The van der Waals surface area contributed by atoms with Gasteiger partial charge in [0, 0.05) is 19.6 Å². The average molecular weight is 318 g/mol. The van der Waals surface area contributed by atoms with Crippen molar-refractivity contribution in [2.75, 3.05) is 31.1 Å². The van der Waals surface area contributed by atoms with E-state index in [9.17, 15) is 9.59 Å². The Kier molecular flexibility index (Phi) is 4.14. The summed E-state index contributed by atoms with van der Waals surface area (Å²) in [6.07, 6.45) is 1.61. The third kappa shape index (κ3) is 2.51. The Morgan fingerprint density at radius 1 is 1.04 bits per heavy atom. The Morgan fingerprint density at radius 2 is 1.78 bits per heavy atom. The Balaban J connectivity index is 1.82. The van der Waals surface area contributed by atoms with Crippen molar-refractivity contribution in [3.63, 3.8) is 0 Å². The largest absolute Gasteiger partial charge is 0.335 e. The van der Waals surface area contributed by atoms with Crippen LogP contribution >= 0.6 is 0 Å². The second-order valence-electron chi connectivity index (χ2n) is 5.73. The van der Waals surface area contributed by atoms with Gasteiger partial charge in [0.15, 0.2) is 0 Å². The molecule has 0 spiro atoms. The summed E-state index contributed by atoms with van der Waals surface area (Å²) in [5.74, 6) is 0.421. The maximum Gasteiger partial charge on any atom is 0.327 e. The smallest absolute Gasteiger partial charge is 0.327 e. The van der Waals surface area contributed by atoms with Crippen molar-refractivity contribution in [1.29, 1.82) is 0 Å². The molecule has 3 amide bonds. The quantitative estimate of drug-likeness (QED) is 0.751. The van der Waals surface area contributed by atoms with Crippen LogP contribution in [0.3, 0.4) is 0 Å². The summed E-state index contributed by atoms with van der Waals surface area (Å²) >= 11 is 0. The van der Waals surface area contributed by atoms with Gasteiger partial charge in [0.1, 0.15) is 6.04 Å².